The van der Waals surface area contributed by atoms with Crippen LogP contribution in [0.15, 0.2) is 0 Å². The second-order valence-corrected chi connectivity index (χ2v) is 5.26. The Balaban J connectivity index is 2.29. The summed E-state index contributed by atoms with van der Waals surface area (Å²) in [6.45, 7) is 6.12. The van der Waals surface area contributed by atoms with Gasteiger partial charge in [-0.25, -0.2) is 0 Å². The van der Waals surface area contributed by atoms with Crippen LogP contribution in [0.2, 0.25) is 0 Å². The third kappa shape index (κ3) is 4.64. The SMILES string of the molecule is CNC1CCCN(CCC(=O)NCC(C)C)C1=O. The average molecular weight is 255 g/mol. The highest BCUT2D eigenvalue weighted by molar-refractivity contribution is 5.83. The summed E-state index contributed by atoms with van der Waals surface area (Å²) in [5.74, 6) is 0.614. The van der Waals surface area contributed by atoms with Gasteiger partial charge in [0.1, 0.15) is 0 Å². The van der Waals surface area contributed by atoms with Gasteiger partial charge in [0.2, 0.25) is 11.8 Å². The van der Waals surface area contributed by atoms with E-state index in [1.807, 2.05) is 0 Å². The van der Waals surface area contributed by atoms with E-state index in [-0.39, 0.29) is 17.9 Å². The molecule has 0 aliphatic carbocycles. The van der Waals surface area contributed by atoms with Crippen molar-refractivity contribution < 1.29 is 9.59 Å². The molecule has 1 aliphatic rings. The Kier molecular flexibility index (Phi) is 6.12. The molecule has 5 nitrogen and oxygen atoms in total. The third-order valence-electron chi connectivity index (χ3n) is 3.20. The molecule has 1 atom stereocenters. The van der Waals surface area contributed by atoms with Crippen LogP contribution in [-0.2, 0) is 9.59 Å². The van der Waals surface area contributed by atoms with Gasteiger partial charge in [0, 0.05) is 26.1 Å². The van der Waals surface area contributed by atoms with E-state index in [2.05, 4.69) is 24.5 Å². The van der Waals surface area contributed by atoms with Gasteiger partial charge in [0.05, 0.1) is 6.04 Å². The molecule has 1 saturated heterocycles. The van der Waals surface area contributed by atoms with E-state index in [0.29, 0.717) is 25.4 Å². The maximum absolute atomic E-state index is 12.0. The van der Waals surface area contributed by atoms with E-state index in [0.717, 1.165) is 19.4 Å². The van der Waals surface area contributed by atoms with Crippen molar-refractivity contribution in [3.63, 3.8) is 0 Å². The van der Waals surface area contributed by atoms with Crippen molar-refractivity contribution in [3.8, 4) is 0 Å². The van der Waals surface area contributed by atoms with Gasteiger partial charge in [0.15, 0.2) is 0 Å². The fourth-order valence-corrected chi connectivity index (χ4v) is 2.07. The smallest absolute Gasteiger partial charge is 0.239 e. The lowest BCUT2D eigenvalue weighted by molar-refractivity contribution is -0.136. The quantitative estimate of drug-likeness (QED) is 0.720. The summed E-state index contributed by atoms with van der Waals surface area (Å²) in [4.78, 5) is 25.3. The maximum Gasteiger partial charge on any atom is 0.239 e. The van der Waals surface area contributed by atoms with E-state index in [1.54, 1.807) is 11.9 Å². The molecule has 0 bridgehead atoms. The van der Waals surface area contributed by atoms with Crippen molar-refractivity contribution >= 4 is 11.8 Å². The number of carbonyl (C=O) groups is 2. The number of nitrogens with one attached hydrogen (secondary N) is 2. The molecule has 0 spiro atoms. The van der Waals surface area contributed by atoms with Gasteiger partial charge in [-0.05, 0) is 25.8 Å². The Bertz CT molecular complexity index is 292. The zero-order valence-corrected chi connectivity index (χ0v) is 11.7. The highest BCUT2D eigenvalue weighted by atomic mass is 16.2. The number of hydrogen-bond acceptors (Lipinski definition) is 3. The van der Waals surface area contributed by atoms with Crippen LogP contribution in [0.3, 0.4) is 0 Å². The fraction of sp³-hybridized carbons (Fsp3) is 0.846. The summed E-state index contributed by atoms with van der Waals surface area (Å²) < 4.78 is 0. The second kappa shape index (κ2) is 7.36. The van der Waals surface area contributed by atoms with Gasteiger partial charge in [-0.1, -0.05) is 13.8 Å². The van der Waals surface area contributed by atoms with Gasteiger partial charge in [-0.3, -0.25) is 9.59 Å². The minimum atomic E-state index is -0.0718. The Morgan fingerprint density at radius 1 is 1.50 bits per heavy atom. The molecular formula is C13H25N3O2. The highest BCUT2D eigenvalue weighted by Gasteiger charge is 2.27. The van der Waals surface area contributed by atoms with E-state index >= 15 is 0 Å². The third-order valence-corrected chi connectivity index (χ3v) is 3.20. The van der Waals surface area contributed by atoms with Crippen LogP contribution >= 0.6 is 0 Å². The summed E-state index contributed by atoms with van der Waals surface area (Å²) in [6.07, 6.45) is 2.30. The van der Waals surface area contributed by atoms with E-state index in [1.165, 1.54) is 0 Å². The van der Waals surface area contributed by atoms with Gasteiger partial charge >= 0.3 is 0 Å². The molecule has 18 heavy (non-hydrogen) atoms. The molecule has 0 radical (unpaired) electrons. The molecule has 0 aromatic carbocycles. The van der Waals surface area contributed by atoms with E-state index < -0.39 is 0 Å². The van der Waals surface area contributed by atoms with Crippen LogP contribution in [0.25, 0.3) is 0 Å². The molecular weight excluding hydrogens is 230 g/mol. The molecule has 1 aliphatic heterocycles. The summed E-state index contributed by atoms with van der Waals surface area (Å²) in [5.41, 5.74) is 0. The van der Waals surface area contributed by atoms with Crippen LogP contribution in [-0.4, -0.2) is 49.4 Å². The molecule has 104 valence electrons. The largest absolute Gasteiger partial charge is 0.356 e. The van der Waals surface area contributed by atoms with Crippen molar-refractivity contribution in [1.82, 2.24) is 15.5 Å². The van der Waals surface area contributed by atoms with Crippen LogP contribution < -0.4 is 10.6 Å². The lowest BCUT2D eigenvalue weighted by atomic mass is 10.0. The molecule has 0 saturated carbocycles. The lowest BCUT2D eigenvalue weighted by Gasteiger charge is -2.31. The number of rotatable bonds is 6. The molecule has 1 rings (SSSR count). The first kappa shape index (κ1) is 15.0. The van der Waals surface area contributed by atoms with Crippen molar-refractivity contribution in [2.75, 3.05) is 26.7 Å². The Morgan fingerprint density at radius 3 is 2.83 bits per heavy atom. The monoisotopic (exact) mass is 255 g/mol. The van der Waals surface area contributed by atoms with Gasteiger partial charge < -0.3 is 15.5 Å². The minimum absolute atomic E-state index is 0.0306. The van der Waals surface area contributed by atoms with E-state index in [4.69, 9.17) is 0 Å². The lowest BCUT2D eigenvalue weighted by Crippen LogP contribution is -2.50. The van der Waals surface area contributed by atoms with Crippen LogP contribution in [0.4, 0.5) is 0 Å². The van der Waals surface area contributed by atoms with Crippen molar-refractivity contribution in [3.05, 3.63) is 0 Å². The standard InChI is InChI=1S/C13H25N3O2/c1-10(2)9-15-12(17)6-8-16-7-4-5-11(14-3)13(16)18/h10-11,14H,4-9H2,1-3H3,(H,15,17). The highest BCUT2D eigenvalue weighted by Crippen LogP contribution is 2.11. The number of piperidine rings is 1. The van der Waals surface area contributed by atoms with Crippen LogP contribution in [0, 0.1) is 5.92 Å². The summed E-state index contributed by atoms with van der Waals surface area (Å²) in [7, 11) is 1.81. The van der Waals surface area contributed by atoms with Crippen LogP contribution in [0.5, 0.6) is 0 Å². The molecule has 5 heteroatoms. The molecule has 2 amide bonds. The maximum atomic E-state index is 12.0. The summed E-state index contributed by atoms with van der Waals surface area (Å²) in [5, 5.41) is 5.89. The van der Waals surface area contributed by atoms with Gasteiger partial charge in [-0.15, -0.1) is 0 Å². The predicted octanol–water partition coefficient (Wildman–Crippen LogP) is 0.359. The molecule has 1 fully saturated rings. The summed E-state index contributed by atoms with van der Waals surface area (Å²) in [6, 6.07) is -0.0718. The number of nitrogens with zero attached hydrogens (tertiary/aromatic N) is 1. The van der Waals surface area contributed by atoms with Crippen molar-refractivity contribution in [2.45, 2.75) is 39.2 Å². The molecule has 1 heterocycles. The topological polar surface area (TPSA) is 61.4 Å². The molecule has 0 aromatic rings. The normalized spacial score (nSPS) is 20.3. The van der Waals surface area contributed by atoms with E-state index in [9.17, 15) is 9.59 Å². The number of likely N-dealkylation sites (N-methyl/N-ethyl adjacent to an activating group) is 1. The second-order valence-electron chi connectivity index (χ2n) is 5.26. The van der Waals surface area contributed by atoms with Crippen molar-refractivity contribution in [1.29, 1.82) is 0 Å². The average Bonchev–Trinajstić information content (AvgIpc) is 2.35. The minimum Gasteiger partial charge on any atom is -0.356 e. The van der Waals surface area contributed by atoms with Crippen molar-refractivity contribution in [2.24, 2.45) is 5.92 Å². The van der Waals surface area contributed by atoms with Gasteiger partial charge in [-0.2, -0.15) is 0 Å². The first-order valence-corrected chi connectivity index (χ1v) is 6.77. The van der Waals surface area contributed by atoms with Gasteiger partial charge in [0.25, 0.3) is 0 Å². The fourth-order valence-electron chi connectivity index (χ4n) is 2.07. The number of hydrogen-bond donors (Lipinski definition) is 2. The Morgan fingerprint density at radius 2 is 2.22 bits per heavy atom. The first-order valence-electron chi connectivity index (χ1n) is 6.77. The Hall–Kier alpha value is -1.10. The first-order chi connectivity index (χ1) is 8.54. The zero-order chi connectivity index (χ0) is 13.5. The Labute approximate surface area is 109 Å². The number of likely N-dealkylation sites (tertiary alicyclic amines) is 1. The molecule has 2 N–H and O–H groups in total. The number of carbonyl (C=O) groups excluding carboxylic acids is 2. The summed E-state index contributed by atoms with van der Waals surface area (Å²) >= 11 is 0. The molecule has 0 aromatic heterocycles. The number of amides is 2. The van der Waals surface area contributed by atoms with Crippen LogP contribution in [0.1, 0.15) is 33.1 Å². The predicted molar refractivity (Wildman–Crippen MR) is 71.1 cm³/mol. The zero-order valence-electron chi connectivity index (χ0n) is 11.7. The molecule has 1 unspecified atom stereocenters.